The summed E-state index contributed by atoms with van der Waals surface area (Å²) >= 11 is 0. The topological polar surface area (TPSA) is 137 Å². The third kappa shape index (κ3) is 4.55. The molecule has 0 fully saturated rings. The molecule has 4 rings (SSSR count). The van der Waals surface area contributed by atoms with Crippen LogP contribution in [0.3, 0.4) is 0 Å². The molecule has 2 N–H and O–H groups in total. The van der Waals surface area contributed by atoms with Crippen LogP contribution in [0.2, 0.25) is 0 Å². The number of hydrogen-bond donors (Lipinski definition) is 2. The number of nitrogens with zero attached hydrogens (tertiary/aromatic N) is 5. The van der Waals surface area contributed by atoms with Gasteiger partial charge in [-0.05, 0) is 0 Å². The van der Waals surface area contributed by atoms with Crippen molar-refractivity contribution >= 4 is 26.9 Å². The molecule has 1 aromatic carbocycles. The van der Waals surface area contributed by atoms with Crippen LogP contribution in [0.1, 0.15) is 17.6 Å². The van der Waals surface area contributed by atoms with Crippen LogP contribution in [0.15, 0.2) is 35.6 Å². The molecule has 3 aromatic heterocycles. The van der Waals surface area contributed by atoms with Gasteiger partial charge in [-0.15, -0.1) is 4.80 Å². The van der Waals surface area contributed by atoms with E-state index in [0.717, 1.165) is 17.1 Å². The van der Waals surface area contributed by atoms with E-state index in [2.05, 4.69) is 29.9 Å². The second-order valence-corrected chi connectivity index (χ2v) is 8.59. The fourth-order valence-electron chi connectivity index (χ4n) is 3.45. The van der Waals surface area contributed by atoms with Crippen LogP contribution in [0, 0.1) is 0 Å². The van der Waals surface area contributed by atoms with Gasteiger partial charge in [-0.1, -0.05) is 12.1 Å². The number of aromatic amines is 1. The first-order chi connectivity index (χ1) is 16.7. The first kappa shape index (κ1) is 24.2. The zero-order valence-electron chi connectivity index (χ0n) is 18.0. The summed E-state index contributed by atoms with van der Waals surface area (Å²) in [6.45, 7) is 0. The lowest BCUT2D eigenvalue weighted by molar-refractivity contribution is 0.146. The normalized spacial score (nSPS) is 12.0. The van der Waals surface area contributed by atoms with E-state index in [1.165, 1.54) is 32.7 Å². The molecule has 0 aliphatic heterocycles. The number of aromatic nitrogens is 6. The smallest absolute Gasteiger partial charge is 0.266 e. The molecule has 0 saturated heterocycles. The molecule has 35 heavy (non-hydrogen) atoms. The Morgan fingerprint density at radius 1 is 1.06 bits per heavy atom. The Morgan fingerprint density at radius 2 is 1.69 bits per heavy atom. The highest BCUT2D eigenvalue weighted by Gasteiger charge is 2.27. The summed E-state index contributed by atoms with van der Waals surface area (Å²) in [4.78, 5) is 11.0. The van der Waals surface area contributed by atoms with E-state index in [9.17, 15) is 26.0 Å². The number of hydrogen-bond acceptors (Lipinski definition) is 8. The van der Waals surface area contributed by atoms with Crippen LogP contribution < -0.4 is 14.2 Å². The Balaban J connectivity index is 1.79. The predicted molar refractivity (Wildman–Crippen MR) is 114 cm³/mol. The highest BCUT2D eigenvalue weighted by molar-refractivity contribution is 7.93. The van der Waals surface area contributed by atoms with E-state index >= 15 is 0 Å². The number of benzene rings is 1. The lowest BCUT2D eigenvalue weighted by atomic mass is 10.1. The number of ether oxygens (including phenoxy) is 2. The van der Waals surface area contributed by atoms with E-state index in [1.807, 2.05) is 0 Å². The van der Waals surface area contributed by atoms with Gasteiger partial charge in [0, 0.05) is 23.6 Å². The molecule has 0 spiro atoms. The Bertz CT molecular complexity index is 1430. The van der Waals surface area contributed by atoms with Crippen LogP contribution in [-0.2, 0) is 16.4 Å². The van der Waals surface area contributed by atoms with Gasteiger partial charge < -0.3 is 14.5 Å². The van der Waals surface area contributed by atoms with Crippen LogP contribution in [0.25, 0.3) is 16.6 Å². The number of halogens is 4. The van der Waals surface area contributed by atoms with Gasteiger partial charge in [0.05, 0.1) is 37.7 Å². The molecule has 0 atom stereocenters. The molecule has 4 aromatic rings. The van der Waals surface area contributed by atoms with E-state index in [4.69, 9.17) is 9.47 Å². The Kier molecular flexibility index (Phi) is 6.47. The lowest BCUT2D eigenvalue weighted by Crippen LogP contribution is -2.16. The summed E-state index contributed by atoms with van der Waals surface area (Å²) in [5, 5.41) is 7.80. The van der Waals surface area contributed by atoms with Crippen molar-refractivity contribution in [3.8, 4) is 17.4 Å². The highest BCUT2D eigenvalue weighted by atomic mass is 32.2. The number of anilines is 1. The molecule has 0 unspecified atom stereocenters. The first-order valence-electron chi connectivity index (χ1n) is 9.75. The van der Waals surface area contributed by atoms with E-state index < -0.39 is 40.8 Å². The van der Waals surface area contributed by atoms with Crippen molar-refractivity contribution in [2.24, 2.45) is 0 Å². The van der Waals surface area contributed by atoms with Crippen LogP contribution in [0.4, 0.5) is 23.5 Å². The molecule has 16 heteroatoms. The van der Waals surface area contributed by atoms with Gasteiger partial charge in [-0.2, -0.15) is 20.2 Å². The molecular formula is C19H17F4N7O4S. The average Bonchev–Trinajstić information content (AvgIpc) is 3.48. The van der Waals surface area contributed by atoms with Crippen LogP contribution >= 0.6 is 0 Å². The van der Waals surface area contributed by atoms with E-state index in [1.54, 1.807) is 0 Å². The maximum Gasteiger partial charge on any atom is 0.266 e. The zero-order valence-corrected chi connectivity index (χ0v) is 18.9. The summed E-state index contributed by atoms with van der Waals surface area (Å²) in [5.74, 6) is -1.12. The maximum absolute atomic E-state index is 13.6. The second kappa shape index (κ2) is 9.36. The quantitative estimate of drug-likeness (QED) is 0.325. The van der Waals surface area contributed by atoms with Gasteiger partial charge in [0.15, 0.2) is 0 Å². The molecule has 0 amide bonds. The number of methoxy groups -OCH3 is 2. The van der Waals surface area contributed by atoms with Gasteiger partial charge in [-0.25, -0.2) is 30.7 Å². The van der Waals surface area contributed by atoms with Crippen molar-refractivity contribution in [1.29, 1.82) is 0 Å². The van der Waals surface area contributed by atoms with Gasteiger partial charge in [-0.3, -0.25) is 0 Å². The Hall–Kier alpha value is -3.95. The molecule has 0 bridgehead atoms. The van der Waals surface area contributed by atoms with Crippen molar-refractivity contribution in [2.45, 2.75) is 24.2 Å². The lowest BCUT2D eigenvalue weighted by Gasteiger charge is -2.14. The molecule has 11 nitrogen and oxygen atoms in total. The first-order valence-corrected chi connectivity index (χ1v) is 11.2. The van der Waals surface area contributed by atoms with Crippen LogP contribution in [0.5, 0.6) is 11.8 Å². The van der Waals surface area contributed by atoms with Crippen molar-refractivity contribution < 1.29 is 35.5 Å². The maximum atomic E-state index is 13.6. The minimum absolute atomic E-state index is 0.0442. The number of nitrogens with one attached hydrogen (secondary N) is 2. The third-order valence-electron chi connectivity index (χ3n) is 4.87. The SMILES string of the molecule is COc1nc(NS(=O)(=O)c2c[nH]c3c(-n4nccn4)c(C(F)F)ccc23)nc(OC)c1CC(F)F. The number of sulfonamides is 1. The molecule has 3 heterocycles. The van der Waals surface area contributed by atoms with E-state index in [-0.39, 0.29) is 38.8 Å². The minimum Gasteiger partial charge on any atom is -0.481 e. The predicted octanol–water partition coefficient (Wildman–Crippen LogP) is 3.10. The molecule has 186 valence electrons. The molecule has 0 saturated carbocycles. The molecule has 0 aliphatic carbocycles. The number of fused-ring (bicyclic) bond motifs is 1. The number of alkyl halides is 4. The Morgan fingerprint density at radius 3 is 2.23 bits per heavy atom. The number of rotatable bonds is 9. The molecular weight excluding hydrogens is 498 g/mol. The summed E-state index contributed by atoms with van der Waals surface area (Å²) in [7, 11) is -2.07. The van der Waals surface area contributed by atoms with Crippen molar-refractivity contribution in [1.82, 2.24) is 29.9 Å². The zero-order chi connectivity index (χ0) is 25.3. The highest BCUT2D eigenvalue weighted by Crippen LogP contribution is 2.35. The second-order valence-electron chi connectivity index (χ2n) is 6.94. The fraction of sp³-hybridized carbons (Fsp3) is 0.263. The van der Waals surface area contributed by atoms with Gasteiger partial charge >= 0.3 is 0 Å². The van der Waals surface area contributed by atoms with Crippen molar-refractivity contribution in [3.63, 3.8) is 0 Å². The van der Waals surface area contributed by atoms with Gasteiger partial charge in [0.1, 0.15) is 10.6 Å². The Labute approximate surface area is 195 Å². The van der Waals surface area contributed by atoms with E-state index in [0.29, 0.717) is 0 Å². The standard InChI is InChI=1S/C19H17F4N7O4S/c1-33-17-11(7-13(20)21)18(34-2)28-19(27-17)29-35(31,32)12-8-24-14-9(12)3-4-10(16(22)23)15(14)30-25-5-6-26-30/h3-6,8,13,16,24H,7H2,1-2H3,(H,27,28,29). The monoisotopic (exact) mass is 515 g/mol. The molecule has 0 aliphatic rings. The number of H-pyrrole nitrogens is 1. The summed E-state index contributed by atoms with van der Waals surface area (Å²) in [6.07, 6.45) is -2.76. The van der Waals surface area contributed by atoms with Crippen molar-refractivity contribution in [3.05, 3.63) is 41.9 Å². The summed E-state index contributed by atoms with van der Waals surface area (Å²) in [6, 6.07) is 2.28. The van der Waals surface area contributed by atoms with Crippen molar-refractivity contribution in [2.75, 3.05) is 18.9 Å². The fourth-order valence-corrected chi connectivity index (χ4v) is 4.57. The third-order valence-corrected chi connectivity index (χ3v) is 6.24. The molecule has 0 radical (unpaired) electrons. The van der Waals surface area contributed by atoms with Crippen LogP contribution in [-0.4, -0.2) is 59.0 Å². The summed E-state index contributed by atoms with van der Waals surface area (Å²) in [5.41, 5.74) is -0.640. The van der Waals surface area contributed by atoms with Gasteiger partial charge in [0.2, 0.25) is 24.1 Å². The summed E-state index contributed by atoms with van der Waals surface area (Å²) < 4.78 is 91.6. The largest absolute Gasteiger partial charge is 0.481 e. The average molecular weight is 515 g/mol. The van der Waals surface area contributed by atoms with Gasteiger partial charge in [0.25, 0.3) is 16.4 Å². The minimum atomic E-state index is -4.40.